The SMILES string of the molecule is COc1ccccc1C=C1N=C(c2c(-c3ccccc3)noc2C)OC1=O. The summed E-state index contributed by atoms with van der Waals surface area (Å²) in [5.41, 5.74) is 2.93. The maximum atomic E-state index is 12.3. The average molecular weight is 360 g/mol. The Kier molecular flexibility index (Phi) is 4.30. The largest absolute Gasteiger partial charge is 0.496 e. The first-order valence-corrected chi connectivity index (χ1v) is 8.35. The van der Waals surface area contributed by atoms with E-state index < -0.39 is 5.97 Å². The number of carbonyl (C=O) groups is 1. The second-order valence-electron chi connectivity index (χ2n) is 5.91. The van der Waals surface area contributed by atoms with Crippen LogP contribution in [-0.4, -0.2) is 24.1 Å². The molecule has 0 N–H and O–H groups in total. The van der Waals surface area contributed by atoms with Gasteiger partial charge in [0.25, 0.3) is 0 Å². The molecule has 0 radical (unpaired) electrons. The van der Waals surface area contributed by atoms with Crippen LogP contribution in [0.3, 0.4) is 0 Å². The van der Waals surface area contributed by atoms with Crippen molar-refractivity contribution in [3.8, 4) is 17.0 Å². The zero-order valence-electron chi connectivity index (χ0n) is 14.8. The lowest BCUT2D eigenvalue weighted by molar-refractivity contribution is -0.129. The molecule has 1 aromatic heterocycles. The summed E-state index contributed by atoms with van der Waals surface area (Å²) in [6.45, 7) is 1.76. The lowest BCUT2D eigenvalue weighted by atomic mass is 10.1. The Morgan fingerprint density at radius 1 is 1.04 bits per heavy atom. The van der Waals surface area contributed by atoms with Crippen LogP contribution in [-0.2, 0) is 9.53 Å². The van der Waals surface area contributed by atoms with Crippen molar-refractivity contribution in [2.75, 3.05) is 7.11 Å². The predicted octanol–water partition coefficient (Wildman–Crippen LogP) is 4.00. The van der Waals surface area contributed by atoms with E-state index in [1.54, 1.807) is 20.1 Å². The molecule has 0 bridgehead atoms. The highest BCUT2D eigenvalue weighted by Gasteiger charge is 2.30. The second-order valence-corrected chi connectivity index (χ2v) is 5.91. The van der Waals surface area contributed by atoms with E-state index in [2.05, 4.69) is 10.1 Å². The Hall–Kier alpha value is -3.67. The molecule has 2 aromatic carbocycles. The number of para-hydroxylation sites is 1. The van der Waals surface area contributed by atoms with Gasteiger partial charge in [0.15, 0.2) is 5.70 Å². The summed E-state index contributed by atoms with van der Waals surface area (Å²) in [7, 11) is 1.58. The minimum absolute atomic E-state index is 0.179. The molecule has 6 nitrogen and oxygen atoms in total. The molecule has 2 heterocycles. The number of nitrogens with zero attached hydrogens (tertiary/aromatic N) is 2. The van der Waals surface area contributed by atoms with Crippen LogP contribution in [0.2, 0.25) is 0 Å². The Morgan fingerprint density at radius 3 is 2.56 bits per heavy atom. The van der Waals surface area contributed by atoms with Crippen LogP contribution >= 0.6 is 0 Å². The minimum atomic E-state index is -0.532. The molecule has 0 saturated heterocycles. The predicted molar refractivity (Wildman–Crippen MR) is 100 cm³/mol. The number of aliphatic imine (C=N–C) groups is 1. The number of aromatic nitrogens is 1. The minimum Gasteiger partial charge on any atom is -0.496 e. The van der Waals surface area contributed by atoms with Gasteiger partial charge in [0.05, 0.1) is 7.11 Å². The van der Waals surface area contributed by atoms with Gasteiger partial charge in [-0.1, -0.05) is 53.7 Å². The summed E-state index contributed by atoms with van der Waals surface area (Å²) in [5.74, 6) is 0.820. The van der Waals surface area contributed by atoms with Crippen LogP contribution in [0.15, 0.2) is 69.8 Å². The van der Waals surface area contributed by atoms with Gasteiger partial charge in [0, 0.05) is 11.1 Å². The van der Waals surface area contributed by atoms with Crippen LogP contribution < -0.4 is 4.74 Å². The maximum Gasteiger partial charge on any atom is 0.363 e. The topological polar surface area (TPSA) is 73.9 Å². The van der Waals surface area contributed by atoms with E-state index in [9.17, 15) is 4.79 Å². The van der Waals surface area contributed by atoms with Gasteiger partial charge < -0.3 is 14.0 Å². The van der Waals surface area contributed by atoms with Crippen molar-refractivity contribution in [3.05, 3.63) is 77.2 Å². The number of benzene rings is 2. The summed E-state index contributed by atoms with van der Waals surface area (Å²) in [5, 5.41) is 4.11. The van der Waals surface area contributed by atoms with Crippen molar-refractivity contribution in [1.82, 2.24) is 5.16 Å². The van der Waals surface area contributed by atoms with Crippen LogP contribution in [0.4, 0.5) is 0 Å². The number of cyclic esters (lactones) is 1. The van der Waals surface area contributed by atoms with E-state index in [4.69, 9.17) is 14.0 Å². The highest BCUT2D eigenvalue weighted by Crippen LogP contribution is 2.30. The molecule has 0 saturated carbocycles. The zero-order valence-corrected chi connectivity index (χ0v) is 14.8. The number of rotatable bonds is 4. The third-order valence-electron chi connectivity index (χ3n) is 4.18. The second kappa shape index (κ2) is 6.92. The summed E-state index contributed by atoms with van der Waals surface area (Å²) in [6.07, 6.45) is 1.64. The summed E-state index contributed by atoms with van der Waals surface area (Å²) < 4.78 is 16.1. The molecular weight excluding hydrogens is 344 g/mol. The Labute approximate surface area is 155 Å². The summed E-state index contributed by atoms with van der Waals surface area (Å²) >= 11 is 0. The quantitative estimate of drug-likeness (QED) is 0.519. The molecular formula is C21H16N2O4. The van der Waals surface area contributed by atoms with E-state index in [1.807, 2.05) is 54.6 Å². The molecule has 3 aromatic rings. The maximum absolute atomic E-state index is 12.3. The van der Waals surface area contributed by atoms with Gasteiger partial charge in [0.1, 0.15) is 22.8 Å². The number of esters is 1. The van der Waals surface area contributed by atoms with Crippen LogP contribution in [0.5, 0.6) is 5.75 Å². The Bertz CT molecular complexity index is 1060. The number of hydrogen-bond acceptors (Lipinski definition) is 6. The number of ether oxygens (including phenoxy) is 2. The fourth-order valence-electron chi connectivity index (χ4n) is 2.87. The van der Waals surface area contributed by atoms with Crippen molar-refractivity contribution in [1.29, 1.82) is 0 Å². The first-order valence-electron chi connectivity index (χ1n) is 8.35. The third kappa shape index (κ3) is 3.13. The molecule has 0 unspecified atom stereocenters. The fraction of sp³-hybridized carbons (Fsp3) is 0.0952. The van der Waals surface area contributed by atoms with Gasteiger partial charge in [-0.25, -0.2) is 9.79 Å². The van der Waals surface area contributed by atoms with Gasteiger partial charge >= 0.3 is 5.97 Å². The van der Waals surface area contributed by atoms with E-state index in [1.165, 1.54) is 0 Å². The number of aryl methyl sites for hydroxylation is 1. The molecule has 0 amide bonds. The standard InChI is InChI=1S/C21H16N2O4/c1-13-18(19(23-27-13)14-8-4-3-5-9-14)20-22-16(21(24)26-20)12-15-10-6-7-11-17(15)25-2/h3-12H,1-2H3. The van der Waals surface area contributed by atoms with Crippen LogP contribution in [0.25, 0.3) is 17.3 Å². The molecule has 1 aliphatic rings. The van der Waals surface area contributed by atoms with Gasteiger partial charge in [0.2, 0.25) is 5.90 Å². The first-order chi connectivity index (χ1) is 13.2. The molecule has 1 aliphatic heterocycles. The summed E-state index contributed by atoms with van der Waals surface area (Å²) in [6, 6.07) is 16.9. The van der Waals surface area contributed by atoms with Crippen molar-refractivity contribution in [2.24, 2.45) is 4.99 Å². The fourth-order valence-corrected chi connectivity index (χ4v) is 2.87. The molecule has 27 heavy (non-hydrogen) atoms. The lowest BCUT2D eigenvalue weighted by Gasteiger charge is -2.03. The molecule has 134 valence electrons. The molecule has 0 atom stereocenters. The van der Waals surface area contributed by atoms with Crippen LogP contribution in [0, 0.1) is 6.92 Å². The molecule has 6 heteroatoms. The number of hydrogen-bond donors (Lipinski definition) is 0. The average Bonchev–Trinajstić information content (AvgIpc) is 3.25. The van der Waals surface area contributed by atoms with Crippen LogP contribution in [0.1, 0.15) is 16.9 Å². The summed E-state index contributed by atoms with van der Waals surface area (Å²) in [4.78, 5) is 16.7. The molecule has 0 spiro atoms. The van der Waals surface area contributed by atoms with Gasteiger partial charge in [-0.2, -0.15) is 0 Å². The molecule has 0 aliphatic carbocycles. The third-order valence-corrected chi connectivity index (χ3v) is 4.18. The Morgan fingerprint density at radius 2 is 1.78 bits per heavy atom. The monoisotopic (exact) mass is 360 g/mol. The zero-order chi connectivity index (χ0) is 18.8. The smallest absolute Gasteiger partial charge is 0.363 e. The lowest BCUT2D eigenvalue weighted by Crippen LogP contribution is -2.07. The van der Waals surface area contributed by atoms with E-state index in [0.29, 0.717) is 22.8 Å². The van der Waals surface area contributed by atoms with Gasteiger partial charge in [-0.05, 0) is 19.1 Å². The van der Waals surface area contributed by atoms with Gasteiger partial charge in [-0.15, -0.1) is 0 Å². The van der Waals surface area contributed by atoms with Crippen molar-refractivity contribution in [2.45, 2.75) is 6.92 Å². The number of methoxy groups -OCH3 is 1. The van der Waals surface area contributed by atoms with Crippen molar-refractivity contribution >= 4 is 17.9 Å². The highest BCUT2D eigenvalue weighted by atomic mass is 16.6. The van der Waals surface area contributed by atoms with Crippen molar-refractivity contribution < 1.29 is 18.8 Å². The normalized spacial score (nSPS) is 15.0. The van der Waals surface area contributed by atoms with Gasteiger partial charge in [-0.3, -0.25) is 0 Å². The first kappa shape index (κ1) is 16.8. The van der Waals surface area contributed by atoms with Crippen molar-refractivity contribution in [3.63, 3.8) is 0 Å². The van der Waals surface area contributed by atoms with E-state index in [0.717, 1.165) is 11.1 Å². The molecule has 4 rings (SSSR count). The Balaban J connectivity index is 1.77. The van der Waals surface area contributed by atoms with E-state index in [-0.39, 0.29) is 11.6 Å². The highest BCUT2D eigenvalue weighted by molar-refractivity contribution is 6.15. The number of carbonyl (C=O) groups excluding carboxylic acids is 1. The molecule has 0 fully saturated rings. The van der Waals surface area contributed by atoms with E-state index >= 15 is 0 Å².